The fourth-order valence-electron chi connectivity index (χ4n) is 7.02. The van der Waals surface area contributed by atoms with Gasteiger partial charge in [-0.15, -0.1) is 0 Å². The van der Waals surface area contributed by atoms with Crippen LogP contribution in [0.2, 0.25) is 0 Å². The molecule has 1 atom stereocenters. The van der Waals surface area contributed by atoms with Gasteiger partial charge in [0.05, 0.1) is 6.61 Å². The Kier molecular flexibility index (Phi) is 53.6. The van der Waals surface area contributed by atoms with E-state index in [-0.39, 0.29) is 25.2 Å². The van der Waals surface area contributed by atoms with Crippen LogP contribution >= 0.6 is 0 Å². The summed E-state index contributed by atoms with van der Waals surface area (Å²) in [6, 6.07) is 0. The molecule has 1 N–H and O–H groups in total. The summed E-state index contributed by atoms with van der Waals surface area (Å²) < 4.78 is 10.7. The molecule has 0 aliphatic heterocycles. The number of esters is 2. The van der Waals surface area contributed by atoms with Crippen LogP contribution in [-0.2, 0) is 19.1 Å². The highest BCUT2D eigenvalue weighted by Crippen LogP contribution is 2.13. The number of rotatable bonds is 48. The predicted molar refractivity (Wildman–Crippen MR) is 297 cm³/mol. The fourth-order valence-corrected chi connectivity index (χ4v) is 7.02. The van der Waals surface area contributed by atoms with Crippen molar-refractivity contribution in [1.82, 2.24) is 0 Å². The van der Waals surface area contributed by atoms with Gasteiger partial charge >= 0.3 is 11.9 Å². The Hall–Kier alpha value is -4.22. The molecule has 0 aromatic heterocycles. The second kappa shape index (κ2) is 57.1. The average Bonchev–Trinajstić information content (AvgIpc) is 3.34. The Morgan fingerprint density at radius 1 is 0.353 bits per heavy atom. The van der Waals surface area contributed by atoms with Gasteiger partial charge < -0.3 is 14.6 Å². The monoisotopic (exact) mass is 937 g/mol. The van der Waals surface area contributed by atoms with Crippen molar-refractivity contribution in [3.8, 4) is 0 Å². The van der Waals surface area contributed by atoms with Crippen molar-refractivity contribution in [2.75, 3.05) is 13.2 Å². The molecule has 0 aliphatic rings. The Morgan fingerprint density at radius 3 is 0.971 bits per heavy atom. The first-order valence-corrected chi connectivity index (χ1v) is 27.4. The number of aliphatic hydroxyl groups is 1. The second-order valence-corrected chi connectivity index (χ2v) is 17.6. The molecule has 0 heterocycles. The summed E-state index contributed by atoms with van der Waals surface area (Å²) in [5.41, 5.74) is 0. The van der Waals surface area contributed by atoms with Crippen molar-refractivity contribution < 1.29 is 24.2 Å². The molecule has 68 heavy (non-hydrogen) atoms. The summed E-state index contributed by atoms with van der Waals surface area (Å²) in [7, 11) is 0. The van der Waals surface area contributed by atoms with Crippen LogP contribution in [0.15, 0.2) is 146 Å². The van der Waals surface area contributed by atoms with Gasteiger partial charge in [-0.05, 0) is 122 Å². The summed E-state index contributed by atoms with van der Waals surface area (Å²) >= 11 is 0. The molecular formula is C63H100O5. The van der Waals surface area contributed by atoms with Crippen molar-refractivity contribution >= 4 is 11.9 Å². The molecule has 0 rings (SSSR count). The van der Waals surface area contributed by atoms with Crippen LogP contribution < -0.4 is 0 Å². The lowest BCUT2D eigenvalue weighted by molar-refractivity contribution is -0.161. The Balaban J connectivity index is 3.68. The van der Waals surface area contributed by atoms with Crippen molar-refractivity contribution in [2.45, 2.75) is 225 Å². The quantitative estimate of drug-likeness (QED) is 0.0374. The van der Waals surface area contributed by atoms with Crippen LogP contribution in [0.3, 0.4) is 0 Å². The maximum absolute atomic E-state index is 12.3. The van der Waals surface area contributed by atoms with E-state index in [0.29, 0.717) is 12.8 Å². The third kappa shape index (κ3) is 54.4. The van der Waals surface area contributed by atoms with Crippen LogP contribution in [-0.4, -0.2) is 36.4 Å². The normalized spacial score (nSPS) is 13.4. The smallest absolute Gasteiger partial charge is 0.306 e. The number of aliphatic hydroxyl groups excluding tert-OH is 1. The topological polar surface area (TPSA) is 72.8 Å². The van der Waals surface area contributed by atoms with Crippen molar-refractivity contribution in [1.29, 1.82) is 0 Å². The van der Waals surface area contributed by atoms with E-state index >= 15 is 0 Å². The summed E-state index contributed by atoms with van der Waals surface area (Å²) in [6.45, 7) is 3.97. The Labute approximate surface area is 418 Å². The number of carbonyl (C=O) groups is 2. The summed E-state index contributed by atoms with van der Waals surface area (Å²) in [5, 5.41) is 9.64. The number of carbonyl (C=O) groups excluding carboxylic acids is 2. The van der Waals surface area contributed by atoms with Crippen LogP contribution in [0.1, 0.15) is 219 Å². The second-order valence-electron chi connectivity index (χ2n) is 17.6. The molecule has 5 nitrogen and oxygen atoms in total. The highest BCUT2D eigenvalue weighted by atomic mass is 16.6. The van der Waals surface area contributed by atoms with Gasteiger partial charge in [-0.25, -0.2) is 0 Å². The zero-order valence-electron chi connectivity index (χ0n) is 43.6. The van der Waals surface area contributed by atoms with E-state index in [1.807, 2.05) is 0 Å². The summed E-state index contributed by atoms with van der Waals surface area (Å²) in [4.78, 5) is 24.5. The molecule has 0 radical (unpaired) electrons. The van der Waals surface area contributed by atoms with E-state index in [4.69, 9.17) is 9.47 Å². The van der Waals surface area contributed by atoms with Gasteiger partial charge in [-0.3, -0.25) is 9.59 Å². The number of hydrogen-bond donors (Lipinski definition) is 1. The van der Waals surface area contributed by atoms with E-state index in [1.54, 1.807) is 0 Å². The van der Waals surface area contributed by atoms with E-state index in [0.717, 1.165) is 122 Å². The molecule has 0 saturated heterocycles. The molecule has 0 amide bonds. The molecule has 5 heteroatoms. The molecule has 1 unspecified atom stereocenters. The van der Waals surface area contributed by atoms with Crippen LogP contribution in [0.5, 0.6) is 0 Å². The molecule has 382 valence electrons. The standard InChI is InChI=1S/C63H100O5/c1-3-5-7-9-11-13-15-17-19-21-23-25-27-28-29-30-31-32-33-34-36-38-40-42-44-46-48-50-52-54-56-58-63(66)68-61(59-64)60-67-62(65)57-55-53-51-49-47-45-43-41-39-37-35-26-24-22-20-18-16-14-12-10-8-6-4-2/h5,7,11,13,16-19,22-25,28-29,31-32,34-37,40,42,46,48,61,64H,3-4,6,8-10,12,14-15,20-21,26-27,30,33,38-39,41,43-45,47,49-60H2,1-2H3/b7-5-,13-11-,18-16-,19-17-,24-22-,25-23-,29-28-,32-31-,36-34-,37-35-,42-40-,48-46-. The van der Waals surface area contributed by atoms with E-state index in [9.17, 15) is 14.7 Å². The van der Waals surface area contributed by atoms with Crippen molar-refractivity contribution in [3.05, 3.63) is 146 Å². The van der Waals surface area contributed by atoms with Crippen LogP contribution in [0.25, 0.3) is 0 Å². The predicted octanol–water partition coefficient (Wildman–Crippen LogP) is 18.6. The Bertz CT molecular complexity index is 1480. The van der Waals surface area contributed by atoms with Gasteiger partial charge in [-0.1, -0.05) is 230 Å². The van der Waals surface area contributed by atoms with Crippen LogP contribution in [0, 0.1) is 0 Å². The Morgan fingerprint density at radius 2 is 0.632 bits per heavy atom. The van der Waals surface area contributed by atoms with Gasteiger partial charge in [0.1, 0.15) is 6.61 Å². The summed E-state index contributed by atoms with van der Waals surface area (Å²) in [6.07, 6.45) is 86.5. The van der Waals surface area contributed by atoms with Crippen molar-refractivity contribution in [2.24, 2.45) is 0 Å². The van der Waals surface area contributed by atoms with Gasteiger partial charge in [-0.2, -0.15) is 0 Å². The lowest BCUT2D eigenvalue weighted by atomic mass is 10.1. The first kappa shape index (κ1) is 63.8. The molecule has 0 saturated carbocycles. The molecule has 0 aliphatic carbocycles. The van der Waals surface area contributed by atoms with Gasteiger partial charge in [0.15, 0.2) is 6.10 Å². The summed E-state index contributed by atoms with van der Waals surface area (Å²) in [5.74, 6) is -0.648. The third-order valence-corrected chi connectivity index (χ3v) is 11.1. The first-order chi connectivity index (χ1) is 33.6. The number of allylic oxidation sites excluding steroid dienone is 24. The molecule has 0 aromatic carbocycles. The van der Waals surface area contributed by atoms with E-state index in [2.05, 4.69) is 160 Å². The molecule has 0 spiro atoms. The number of ether oxygens (including phenoxy) is 2. The zero-order chi connectivity index (χ0) is 49.2. The fraction of sp³-hybridized carbons (Fsp3) is 0.587. The third-order valence-electron chi connectivity index (χ3n) is 11.1. The number of unbranched alkanes of at least 4 members (excludes halogenated alkanes) is 16. The van der Waals surface area contributed by atoms with Crippen molar-refractivity contribution in [3.63, 3.8) is 0 Å². The SMILES string of the molecule is CC/C=C\C/C=C\C/C=C\C/C=C\C/C=C\C/C=C\C/C=C\C/C=C\C/C=C\CCCCCC(=O)OC(CO)COC(=O)CCCCCCCCCC/C=C\C/C=C\C/C=C\CCCCCCC. The van der Waals surface area contributed by atoms with Gasteiger partial charge in [0, 0.05) is 12.8 Å². The zero-order valence-corrected chi connectivity index (χ0v) is 43.6. The lowest BCUT2D eigenvalue weighted by Crippen LogP contribution is -2.28. The van der Waals surface area contributed by atoms with E-state index in [1.165, 1.54) is 70.6 Å². The van der Waals surface area contributed by atoms with Crippen LogP contribution in [0.4, 0.5) is 0 Å². The lowest BCUT2D eigenvalue weighted by Gasteiger charge is -2.15. The molecule has 0 fully saturated rings. The van der Waals surface area contributed by atoms with Gasteiger partial charge in [0.25, 0.3) is 0 Å². The number of hydrogen-bond acceptors (Lipinski definition) is 5. The highest BCUT2D eigenvalue weighted by molar-refractivity contribution is 5.70. The largest absolute Gasteiger partial charge is 0.462 e. The minimum atomic E-state index is -0.806. The molecule has 0 bridgehead atoms. The minimum Gasteiger partial charge on any atom is -0.462 e. The van der Waals surface area contributed by atoms with E-state index < -0.39 is 6.10 Å². The molecule has 0 aromatic rings. The first-order valence-electron chi connectivity index (χ1n) is 27.4. The maximum Gasteiger partial charge on any atom is 0.306 e. The van der Waals surface area contributed by atoms with Gasteiger partial charge in [0.2, 0.25) is 0 Å². The maximum atomic E-state index is 12.3. The minimum absolute atomic E-state index is 0.0935. The molecular weight excluding hydrogens is 837 g/mol. The highest BCUT2D eigenvalue weighted by Gasteiger charge is 2.16. The average molecular weight is 937 g/mol.